The van der Waals surface area contributed by atoms with E-state index in [1.54, 1.807) is 13.2 Å². The molecule has 178 valence electrons. The van der Waals surface area contributed by atoms with Gasteiger partial charge in [0.1, 0.15) is 12.4 Å². The summed E-state index contributed by atoms with van der Waals surface area (Å²) < 4.78 is 46.1. The number of nitrogens with one attached hydrogen (secondary N) is 1. The number of allylic oxidation sites excluding steroid dienone is 1. The first-order chi connectivity index (χ1) is 16.3. The van der Waals surface area contributed by atoms with Crippen molar-refractivity contribution in [1.29, 1.82) is 0 Å². The van der Waals surface area contributed by atoms with Gasteiger partial charge in [-0.1, -0.05) is 54.6 Å². The van der Waals surface area contributed by atoms with Crippen molar-refractivity contribution in [3.05, 3.63) is 107 Å². The van der Waals surface area contributed by atoms with Crippen LogP contribution >= 0.6 is 0 Å². The maximum Gasteiger partial charge on any atom is 0.416 e. The zero-order valence-electron chi connectivity index (χ0n) is 18.8. The Bertz CT molecular complexity index is 1130. The van der Waals surface area contributed by atoms with E-state index in [4.69, 9.17) is 10.5 Å². The highest BCUT2D eigenvalue weighted by Gasteiger charge is 2.33. The molecule has 3 aromatic carbocycles. The van der Waals surface area contributed by atoms with Crippen LogP contribution in [0.3, 0.4) is 0 Å². The van der Waals surface area contributed by atoms with E-state index >= 15 is 0 Å². The number of benzene rings is 3. The van der Waals surface area contributed by atoms with Gasteiger partial charge in [0.25, 0.3) is 0 Å². The maximum atomic E-state index is 13.6. The molecule has 0 bridgehead atoms. The Kier molecular flexibility index (Phi) is 6.98. The molecule has 8 heteroatoms. The third-order valence-electron chi connectivity index (χ3n) is 5.67. The molecule has 0 amide bonds. The fourth-order valence-electron chi connectivity index (χ4n) is 4.02. The van der Waals surface area contributed by atoms with Crippen molar-refractivity contribution in [2.24, 2.45) is 5.73 Å². The summed E-state index contributed by atoms with van der Waals surface area (Å²) >= 11 is 0. The highest BCUT2D eigenvalue weighted by atomic mass is 19.4. The summed E-state index contributed by atoms with van der Waals surface area (Å²) in [5, 5.41) is 1.88. The number of ether oxygens (including phenoxy) is 1. The molecule has 1 atom stereocenters. The molecule has 0 spiro atoms. The third-order valence-corrected chi connectivity index (χ3v) is 5.67. The molecule has 5 nitrogen and oxygen atoms in total. The molecule has 0 saturated heterocycles. The van der Waals surface area contributed by atoms with E-state index in [1.165, 1.54) is 12.1 Å². The standard InChI is InChI=1S/C26H27F3N4O/c1-34-23-12-7-11-22(15-23)33-18-32(17-25(30)19-8-3-2-4-9-19)16-21(31-33)14-20-10-5-6-13-24(20)26(27,28)29/h2-13,15-16,25,31H,14,17-18,30H2,1H3. The zero-order chi connectivity index (χ0) is 24.1. The van der Waals surface area contributed by atoms with Gasteiger partial charge in [0.2, 0.25) is 0 Å². The van der Waals surface area contributed by atoms with E-state index in [9.17, 15) is 13.2 Å². The van der Waals surface area contributed by atoms with Gasteiger partial charge in [-0.25, -0.2) is 0 Å². The van der Waals surface area contributed by atoms with Crippen molar-refractivity contribution < 1.29 is 17.9 Å². The molecule has 0 aliphatic carbocycles. The average molecular weight is 469 g/mol. The molecule has 34 heavy (non-hydrogen) atoms. The third kappa shape index (κ3) is 5.63. The highest BCUT2D eigenvalue weighted by Crippen LogP contribution is 2.33. The smallest absolute Gasteiger partial charge is 0.416 e. The van der Waals surface area contributed by atoms with Crippen LogP contribution in [0.5, 0.6) is 5.75 Å². The van der Waals surface area contributed by atoms with E-state index in [2.05, 4.69) is 5.43 Å². The predicted octanol–water partition coefficient (Wildman–Crippen LogP) is 5.08. The lowest BCUT2D eigenvalue weighted by Gasteiger charge is -2.39. The normalized spacial score (nSPS) is 14.9. The van der Waals surface area contributed by atoms with Crippen LogP contribution in [0.2, 0.25) is 0 Å². The Morgan fingerprint density at radius 1 is 1.00 bits per heavy atom. The van der Waals surface area contributed by atoms with E-state index in [1.807, 2.05) is 70.7 Å². The van der Waals surface area contributed by atoms with Crippen LogP contribution in [0.1, 0.15) is 22.7 Å². The van der Waals surface area contributed by atoms with Gasteiger partial charge >= 0.3 is 6.18 Å². The monoisotopic (exact) mass is 468 g/mol. The van der Waals surface area contributed by atoms with Gasteiger partial charge in [0.05, 0.1) is 24.1 Å². The molecule has 0 radical (unpaired) electrons. The molecular weight excluding hydrogens is 441 g/mol. The molecule has 1 heterocycles. The molecule has 0 fully saturated rings. The van der Waals surface area contributed by atoms with Gasteiger partial charge in [-0.05, 0) is 29.3 Å². The first kappa shape index (κ1) is 23.5. The lowest BCUT2D eigenvalue weighted by molar-refractivity contribution is -0.138. The molecule has 3 aromatic rings. The van der Waals surface area contributed by atoms with Crippen molar-refractivity contribution in [3.63, 3.8) is 0 Å². The molecule has 1 aliphatic rings. The van der Waals surface area contributed by atoms with E-state index in [-0.39, 0.29) is 18.0 Å². The SMILES string of the molecule is COc1cccc(N2CN(CC(N)c3ccccc3)C=C(Cc3ccccc3C(F)(F)F)N2)c1. The van der Waals surface area contributed by atoms with Crippen LogP contribution in [0.25, 0.3) is 0 Å². The summed E-state index contributed by atoms with van der Waals surface area (Å²) in [7, 11) is 1.59. The lowest BCUT2D eigenvalue weighted by atomic mass is 10.0. The Hall–Kier alpha value is -3.65. The summed E-state index contributed by atoms with van der Waals surface area (Å²) in [6.45, 7) is 0.953. The number of hydrogen-bond acceptors (Lipinski definition) is 5. The molecule has 3 N–H and O–H groups in total. The number of hydrogen-bond donors (Lipinski definition) is 2. The van der Waals surface area contributed by atoms with Crippen LogP contribution in [-0.4, -0.2) is 25.2 Å². The Morgan fingerprint density at radius 2 is 1.74 bits per heavy atom. The first-order valence-electron chi connectivity index (χ1n) is 10.9. The molecular formula is C26H27F3N4O. The second kappa shape index (κ2) is 10.1. The van der Waals surface area contributed by atoms with Gasteiger partial charge in [-0.15, -0.1) is 0 Å². The molecule has 1 aliphatic heterocycles. The second-order valence-corrected chi connectivity index (χ2v) is 8.16. The van der Waals surface area contributed by atoms with Crippen molar-refractivity contribution in [2.75, 3.05) is 25.3 Å². The molecule has 0 aromatic heterocycles. The number of anilines is 1. The highest BCUT2D eigenvalue weighted by molar-refractivity contribution is 5.51. The van der Waals surface area contributed by atoms with Crippen LogP contribution in [0, 0.1) is 0 Å². The Morgan fingerprint density at radius 3 is 2.47 bits per heavy atom. The van der Waals surface area contributed by atoms with Gasteiger partial charge in [0, 0.05) is 31.3 Å². The van der Waals surface area contributed by atoms with Crippen LogP contribution in [0.15, 0.2) is 90.8 Å². The van der Waals surface area contributed by atoms with Crippen molar-refractivity contribution in [1.82, 2.24) is 10.3 Å². The number of alkyl halides is 3. The van der Waals surface area contributed by atoms with Gasteiger partial charge in [-0.3, -0.25) is 10.4 Å². The van der Waals surface area contributed by atoms with Crippen molar-refractivity contribution in [3.8, 4) is 5.75 Å². The number of halogens is 3. The van der Waals surface area contributed by atoms with E-state index < -0.39 is 11.7 Å². The number of methoxy groups -OCH3 is 1. The first-order valence-corrected chi connectivity index (χ1v) is 10.9. The van der Waals surface area contributed by atoms with Crippen molar-refractivity contribution in [2.45, 2.75) is 18.6 Å². The number of nitrogens with zero attached hydrogens (tertiary/aromatic N) is 2. The lowest BCUT2D eigenvalue weighted by Crippen LogP contribution is -2.50. The number of hydrazine groups is 1. The molecule has 1 unspecified atom stereocenters. The van der Waals surface area contributed by atoms with Crippen LogP contribution in [-0.2, 0) is 12.6 Å². The quantitative estimate of drug-likeness (QED) is 0.506. The van der Waals surface area contributed by atoms with Gasteiger partial charge in [-0.2, -0.15) is 13.2 Å². The topological polar surface area (TPSA) is 53.8 Å². The molecule has 4 rings (SSSR count). The maximum absolute atomic E-state index is 13.6. The van der Waals surface area contributed by atoms with Crippen LogP contribution < -0.4 is 20.9 Å². The molecule has 0 saturated carbocycles. The summed E-state index contributed by atoms with van der Waals surface area (Å²) in [4.78, 5) is 2.01. The average Bonchev–Trinajstić information content (AvgIpc) is 2.84. The summed E-state index contributed by atoms with van der Waals surface area (Å²) in [5.41, 5.74) is 11.8. The minimum atomic E-state index is -4.42. The summed E-state index contributed by atoms with van der Waals surface area (Å²) in [6, 6.07) is 22.6. The zero-order valence-corrected chi connectivity index (χ0v) is 18.8. The Labute approximate surface area is 197 Å². The number of rotatable bonds is 7. The Balaban J connectivity index is 1.63. The minimum Gasteiger partial charge on any atom is -0.497 e. The van der Waals surface area contributed by atoms with E-state index in [0.29, 0.717) is 24.7 Å². The largest absolute Gasteiger partial charge is 0.497 e. The van der Waals surface area contributed by atoms with Crippen LogP contribution in [0.4, 0.5) is 18.9 Å². The second-order valence-electron chi connectivity index (χ2n) is 8.16. The van der Waals surface area contributed by atoms with E-state index in [0.717, 1.165) is 17.3 Å². The fraction of sp³-hybridized carbons (Fsp3) is 0.231. The van der Waals surface area contributed by atoms with Gasteiger partial charge in [0.15, 0.2) is 0 Å². The van der Waals surface area contributed by atoms with Gasteiger partial charge < -0.3 is 15.4 Å². The summed E-state index contributed by atoms with van der Waals surface area (Å²) in [6.07, 6.45) is -2.48. The number of nitrogens with two attached hydrogens (primary N) is 1. The fourth-order valence-corrected chi connectivity index (χ4v) is 4.02. The van der Waals surface area contributed by atoms with Crippen molar-refractivity contribution >= 4 is 5.69 Å². The predicted molar refractivity (Wildman–Crippen MR) is 127 cm³/mol. The minimum absolute atomic E-state index is 0.0905. The summed E-state index contributed by atoms with van der Waals surface area (Å²) in [5.74, 6) is 0.686.